The Morgan fingerprint density at radius 1 is 1.22 bits per heavy atom. The Morgan fingerprint density at radius 3 is 2.17 bits per heavy atom. The van der Waals surface area contributed by atoms with Gasteiger partial charge in [0.15, 0.2) is 4.90 Å². The fraction of sp³-hybridized carbons (Fsp3) is 0.400. The molecule has 0 spiro atoms. The first-order valence-electron chi connectivity index (χ1n) is 5.75. The second-order valence-corrected chi connectivity index (χ2v) is 5.94. The minimum atomic E-state index is -6.05. The van der Waals surface area contributed by atoms with Gasteiger partial charge in [0.1, 0.15) is 6.04 Å². The molecular formula is C10H10F5N3O4S. The van der Waals surface area contributed by atoms with Crippen LogP contribution in [0, 0.1) is 10.1 Å². The quantitative estimate of drug-likeness (QED) is 0.450. The number of hydrogen-bond donors (Lipinski definition) is 2. The van der Waals surface area contributed by atoms with Crippen molar-refractivity contribution in [1.29, 1.82) is 0 Å². The molecule has 1 atom stereocenters. The summed E-state index contributed by atoms with van der Waals surface area (Å²) in [7, 11) is -5.04. The molecule has 0 aliphatic carbocycles. The topological polar surface area (TPSA) is 115 Å². The van der Waals surface area contributed by atoms with E-state index in [-0.39, 0.29) is 0 Å². The first kappa shape index (κ1) is 19.2. The van der Waals surface area contributed by atoms with Gasteiger partial charge >= 0.3 is 12.1 Å². The summed E-state index contributed by atoms with van der Waals surface area (Å²) in [6.45, 7) is -1.38. The van der Waals surface area contributed by atoms with Gasteiger partial charge in [0, 0.05) is 12.6 Å². The van der Waals surface area contributed by atoms with Gasteiger partial charge < -0.3 is 5.73 Å². The van der Waals surface area contributed by atoms with E-state index in [0.717, 1.165) is 22.9 Å². The van der Waals surface area contributed by atoms with Crippen LogP contribution in [0.3, 0.4) is 0 Å². The molecule has 1 unspecified atom stereocenters. The predicted octanol–water partition coefficient (Wildman–Crippen LogP) is 1.40. The van der Waals surface area contributed by atoms with Crippen LogP contribution >= 0.6 is 0 Å². The van der Waals surface area contributed by atoms with Crippen LogP contribution < -0.4 is 10.5 Å². The van der Waals surface area contributed by atoms with E-state index in [1.165, 1.54) is 0 Å². The molecule has 0 aromatic heterocycles. The highest BCUT2D eigenvalue weighted by molar-refractivity contribution is 7.89. The van der Waals surface area contributed by atoms with Gasteiger partial charge in [0.2, 0.25) is 10.0 Å². The van der Waals surface area contributed by atoms with Gasteiger partial charge in [-0.25, -0.2) is 13.1 Å². The highest BCUT2D eigenvalue weighted by Crippen LogP contribution is 2.38. The fourth-order valence-electron chi connectivity index (χ4n) is 1.55. The number of rotatable bonds is 6. The zero-order chi connectivity index (χ0) is 18.1. The first-order chi connectivity index (χ1) is 10.3. The number of nitro groups is 1. The summed E-state index contributed by atoms with van der Waals surface area (Å²) >= 11 is 0. The van der Waals surface area contributed by atoms with Crippen molar-refractivity contribution in [2.45, 2.75) is 23.0 Å². The summed E-state index contributed by atoms with van der Waals surface area (Å²) in [5, 5.41) is 10.7. The maximum Gasteiger partial charge on any atom is 0.455 e. The van der Waals surface area contributed by atoms with Crippen molar-refractivity contribution in [3.05, 3.63) is 34.4 Å². The van der Waals surface area contributed by atoms with Crippen LogP contribution in [0.4, 0.5) is 27.6 Å². The number of halogens is 5. The summed E-state index contributed by atoms with van der Waals surface area (Å²) in [5.74, 6) is -5.46. The zero-order valence-electron chi connectivity index (χ0n) is 11.0. The van der Waals surface area contributed by atoms with Crippen molar-refractivity contribution in [3.8, 4) is 0 Å². The molecule has 0 saturated carbocycles. The average molecular weight is 363 g/mol. The molecule has 0 fully saturated rings. The number of nitrogens with zero attached hydrogens (tertiary/aromatic N) is 1. The van der Waals surface area contributed by atoms with Crippen molar-refractivity contribution in [2.75, 3.05) is 6.54 Å². The zero-order valence-corrected chi connectivity index (χ0v) is 11.9. The number of nitrogens with one attached hydrogen (secondary N) is 1. The van der Waals surface area contributed by atoms with Gasteiger partial charge in [-0.1, -0.05) is 12.1 Å². The summed E-state index contributed by atoms with van der Waals surface area (Å²) in [6, 6.07) is 0.573. The van der Waals surface area contributed by atoms with E-state index in [9.17, 15) is 40.5 Å². The van der Waals surface area contributed by atoms with E-state index in [1.54, 1.807) is 0 Å². The monoisotopic (exact) mass is 363 g/mol. The molecule has 0 saturated heterocycles. The Balaban J connectivity index is 3.28. The van der Waals surface area contributed by atoms with Crippen LogP contribution in [0.1, 0.15) is 0 Å². The molecule has 1 rings (SSSR count). The number of nitro benzene ring substituents is 1. The van der Waals surface area contributed by atoms with Gasteiger partial charge in [0.05, 0.1) is 4.92 Å². The molecule has 1 aromatic rings. The lowest BCUT2D eigenvalue weighted by Gasteiger charge is -2.28. The number of hydrogen-bond acceptors (Lipinski definition) is 5. The Labute approximate surface area is 126 Å². The van der Waals surface area contributed by atoms with Crippen LogP contribution in [0.2, 0.25) is 0 Å². The number of para-hydroxylation sites is 1. The van der Waals surface area contributed by atoms with Crippen LogP contribution in [-0.4, -0.2) is 38.0 Å². The lowest BCUT2D eigenvalue weighted by Crippen LogP contribution is -2.58. The third-order valence-electron chi connectivity index (χ3n) is 2.70. The molecular weight excluding hydrogens is 353 g/mol. The summed E-state index contributed by atoms with van der Waals surface area (Å²) < 4.78 is 88.3. The highest BCUT2D eigenvalue weighted by atomic mass is 32.2. The molecule has 0 bridgehead atoms. The number of sulfonamides is 1. The second kappa shape index (κ2) is 6.33. The molecule has 0 radical (unpaired) electrons. The van der Waals surface area contributed by atoms with E-state index in [2.05, 4.69) is 0 Å². The van der Waals surface area contributed by atoms with Crippen molar-refractivity contribution in [2.24, 2.45) is 5.73 Å². The molecule has 0 amide bonds. The van der Waals surface area contributed by atoms with Gasteiger partial charge in [-0.05, 0) is 6.07 Å². The summed E-state index contributed by atoms with van der Waals surface area (Å²) in [6.07, 6.45) is -6.05. The average Bonchev–Trinajstić information content (AvgIpc) is 2.43. The first-order valence-corrected chi connectivity index (χ1v) is 7.23. The maximum atomic E-state index is 13.2. The van der Waals surface area contributed by atoms with Crippen molar-refractivity contribution in [1.82, 2.24) is 4.72 Å². The molecule has 0 heterocycles. The maximum absolute atomic E-state index is 13.2. The molecule has 0 aliphatic heterocycles. The van der Waals surface area contributed by atoms with Crippen LogP contribution in [0.5, 0.6) is 0 Å². The van der Waals surface area contributed by atoms with Crippen LogP contribution in [-0.2, 0) is 10.0 Å². The molecule has 0 aliphatic rings. The molecule has 7 nitrogen and oxygen atoms in total. The smallest absolute Gasteiger partial charge is 0.329 e. The fourth-order valence-corrected chi connectivity index (χ4v) is 2.98. The van der Waals surface area contributed by atoms with Gasteiger partial charge in [-0.15, -0.1) is 0 Å². The van der Waals surface area contributed by atoms with E-state index < -0.39 is 50.2 Å². The van der Waals surface area contributed by atoms with Crippen molar-refractivity contribution < 1.29 is 35.3 Å². The molecule has 1 aromatic carbocycles. The third kappa shape index (κ3) is 3.92. The van der Waals surface area contributed by atoms with Crippen LogP contribution in [0.25, 0.3) is 0 Å². The lowest BCUT2D eigenvalue weighted by molar-refractivity contribution is -0.387. The summed E-state index contributed by atoms with van der Waals surface area (Å²) in [4.78, 5) is 8.57. The predicted molar refractivity (Wildman–Crippen MR) is 67.3 cm³/mol. The van der Waals surface area contributed by atoms with Gasteiger partial charge in [0.25, 0.3) is 5.69 Å². The van der Waals surface area contributed by atoms with Gasteiger partial charge in [-0.3, -0.25) is 10.1 Å². The summed E-state index contributed by atoms with van der Waals surface area (Å²) in [5.41, 5.74) is 3.82. The number of benzene rings is 1. The largest absolute Gasteiger partial charge is 0.455 e. The Bertz CT molecular complexity index is 692. The van der Waals surface area contributed by atoms with E-state index in [1.807, 2.05) is 0 Å². The van der Waals surface area contributed by atoms with E-state index in [0.29, 0.717) is 6.07 Å². The van der Waals surface area contributed by atoms with E-state index >= 15 is 0 Å². The number of alkyl halides is 5. The lowest BCUT2D eigenvalue weighted by atomic mass is 10.1. The van der Waals surface area contributed by atoms with Crippen LogP contribution in [0.15, 0.2) is 29.2 Å². The second-order valence-electron chi connectivity index (χ2n) is 4.26. The van der Waals surface area contributed by atoms with Crippen molar-refractivity contribution in [3.63, 3.8) is 0 Å². The Morgan fingerprint density at radius 2 is 1.74 bits per heavy atom. The molecule has 23 heavy (non-hydrogen) atoms. The molecule has 13 heteroatoms. The van der Waals surface area contributed by atoms with Gasteiger partial charge in [-0.2, -0.15) is 22.0 Å². The van der Waals surface area contributed by atoms with Crippen molar-refractivity contribution >= 4 is 15.7 Å². The highest BCUT2D eigenvalue weighted by Gasteiger charge is 2.62. The third-order valence-corrected chi connectivity index (χ3v) is 4.22. The normalized spacial score (nSPS) is 14.5. The molecule has 130 valence electrons. The Kier molecular flexibility index (Phi) is 5.28. The SMILES string of the molecule is NCC(NS(=O)(=O)c1ccccc1[N+](=O)[O-])C(F)(F)C(F)(F)F. The van der Waals surface area contributed by atoms with E-state index in [4.69, 9.17) is 5.73 Å². The minimum absolute atomic E-state index is 0.694. The Hall–Kier alpha value is -1.86. The molecule has 3 N–H and O–H groups in total. The standard InChI is InChI=1S/C10H10F5N3O4S/c11-9(12,10(13,14)15)8(5-16)17-23(21,22)7-4-2-1-3-6(7)18(19)20/h1-4,8,17H,5,16H2. The number of nitrogens with two attached hydrogens (primary N) is 1. The minimum Gasteiger partial charge on any atom is -0.329 e.